The minimum atomic E-state index is -0.577. The number of benzene rings is 2. The molecular weight excluding hydrogens is 435 g/mol. The van der Waals surface area contributed by atoms with Gasteiger partial charge in [-0.15, -0.1) is 0 Å². The van der Waals surface area contributed by atoms with E-state index in [2.05, 4.69) is 15.3 Å². The fraction of sp³-hybridized carbons (Fsp3) is 0.304. The number of carbonyl (C=O) groups is 1. The molecule has 0 aliphatic carbocycles. The van der Waals surface area contributed by atoms with E-state index in [0.717, 1.165) is 30.3 Å². The minimum absolute atomic E-state index is 0.109. The van der Waals surface area contributed by atoms with Crippen LogP contribution in [-0.4, -0.2) is 58.0 Å². The van der Waals surface area contributed by atoms with Gasteiger partial charge in [-0.05, 0) is 48.9 Å². The number of nitrogens with one attached hydrogen (secondary N) is 1. The summed E-state index contributed by atoms with van der Waals surface area (Å²) in [7, 11) is 1.83. The van der Waals surface area contributed by atoms with Crippen LogP contribution in [0.1, 0.15) is 16.8 Å². The average Bonchev–Trinajstić information content (AvgIpc) is 3.38. The van der Waals surface area contributed by atoms with Crippen molar-refractivity contribution in [2.24, 2.45) is 7.05 Å². The van der Waals surface area contributed by atoms with Crippen molar-refractivity contribution in [3.05, 3.63) is 65.1 Å². The van der Waals surface area contributed by atoms with E-state index in [1.165, 1.54) is 12.1 Å². The molecule has 0 radical (unpaired) electrons. The van der Waals surface area contributed by atoms with Gasteiger partial charge in [0.15, 0.2) is 0 Å². The lowest BCUT2D eigenvalue weighted by Gasteiger charge is -2.18. The van der Waals surface area contributed by atoms with Crippen LogP contribution in [0, 0.1) is 5.82 Å². The highest BCUT2D eigenvalue weighted by Gasteiger charge is 2.20. The molecule has 0 bridgehead atoms. The summed E-state index contributed by atoms with van der Waals surface area (Å²) in [4.78, 5) is 14.8. The molecule has 0 spiro atoms. The zero-order valence-corrected chi connectivity index (χ0v) is 18.3. The zero-order chi connectivity index (χ0) is 22.7. The van der Waals surface area contributed by atoms with E-state index in [-0.39, 0.29) is 16.7 Å². The Morgan fingerprint density at radius 2 is 2.16 bits per heavy atom. The maximum absolute atomic E-state index is 13.4. The Labute approximate surface area is 190 Å². The molecule has 2 aromatic carbocycles. The number of hydrogen-bond acceptors (Lipinski definition) is 5. The second-order valence-corrected chi connectivity index (χ2v) is 8.13. The molecule has 1 aliphatic rings. The number of halogens is 2. The van der Waals surface area contributed by atoms with Crippen molar-refractivity contribution >= 4 is 23.2 Å². The van der Waals surface area contributed by atoms with Gasteiger partial charge < -0.3 is 15.2 Å². The van der Waals surface area contributed by atoms with Gasteiger partial charge in [-0.1, -0.05) is 11.6 Å². The van der Waals surface area contributed by atoms with Crippen molar-refractivity contribution in [2.45, 2.75) is 12.5 Å². The highest BCUT2D eigenvalue weighted by Crippen LogP contribution is 2.33. The SMILES string of the molecule is Cn1nccc1-c1cc(NC(=O)c2ccc(F)c(Cl)c2)ccc1OCCN1CCC(O)C1. The van der Waals surface area contributed by atoms with Crippen molar-refractivity contribution in [2.75, 3.05) is 31.6 Å². The molecule has 4 rings (SSSR count). The molecule has 2 N–H and O–H groups in total. The van der Waals surface area contributed by atoms with Gasteiger partial charge in [0.25, 0.3) is 5.91 Å². The Morgan fingerprint density at radius 1 is 1.31 bits per heavy atom. The van der Waals surface area contributed by atoms with E-state index >= 15 is 0 Å². The number of aryl methyl sites for hydroxylation is 1. The largest absolute Gasteiger partial charge is 0.492 e. The first-order chi connectivity index (χ1) is 15.4. The van der Waals surface area contributed by atoms with E-state index in [1.54, 1.807) is 23.0 Å². The molecule has 168 valence electrons. The van der Waals surface area contributed by atoms with Crippen LogP contribution in [0.4, 0.5) is 10.1 Å². The van der Waals surface area contributed by atoms with Crippen LogP contribution in [0.25, 0.3) is 11.3 Å². The predicted octanol–water partition coefficient (Wildman–Crippen LogP) is 3.58. The van der Waals surface area contributed by atoms with Gasteiger partial charge in [0, 0.05) is 49.7 Å². The highest BCUT2D eigenvalue weighted by atomic mass is 35.5. The minimum Gasteiger partial charge on any atom is -0.492 e. The molecule has 1 amide bonds. The Bertz CT molecular complexity index is 1120. The summed E-state index contributed by atoms with van der Waals surface area (Å²) in [5, 5.41) is 16.6. The molecule has 2 heterocycles. The van der Waals surface area contributed by atoms with Crippen LogP contribution in [0.15, 0.2) is 48.7 Å². The van der Waals surface area contributed by atoms with Gasteiger partial charge in [0.2, 0.25) is 0 Å². The topological polar surface area (TPSA) is 79.6 Å². The fourth-order valence-corrected chi connectivity index (χ4v) is 3.89. The molecular formula is C23H24ClFN4O3. The number of hydrogen-bond donors (Lipinski definition) is 2. The molecule has 1 atom stereocenters. The van der Waals surface area contributed by atoms with Crippen molar-refractivity contribution in [3.63, 3.8) is 0 Å². The van der Waals surface area contributed by atoms with E-state index in [4.69, 9.17) is 16.3 Å². The van der Waals surface area contributed by atoms with Gasteiger partial charge in [-0.3, -0.25) is 14.4 Å². The third-order valence-electron chi connectivity index (χ3n) is 5.43. The average molecular weight is 459 g/mol. The first kappa shape index (κ1) is 22.3. The smallest absolute Gasteiger partial charge is 0.255 e. The molecule has 32 heavy (non-hydrogen) atoms. The number of anilines is 1. The van der Waals surface area contributed by atoms with E-state index < -0.39 is 11.7 Å². The number of rotatable bonds is 7. The number of aliphatic hydroxyl groups is 1. The van der Waals surface area contributed by atoms with Crippen molar-refractivity contribution < 1.29 is 19.0 Å². The summed E-state index contributed by atoms with van der Waals surface area (Å²) < 4.78 is 21.2. The standard InChI is InChI=1S/C23H24ClFN4O3/c1-28-21(6-8-26-28)18-13-16(27-23(31)15-2-4-20(25)19(24)12-15)3-5-22(18)32-11-10-29-9-7-17(30)14-29/h2-6,8,12-13,17,30H,7,9-11,14H2,1H3,(H,27,31). The second-order valence-electron chi connectivity index (χ2n) is 7.73. The number of aromatic nitrogens is 2. The van der Waals surface area contributed by atoms with Crippen molar-refractivity contribution in [3.8, 4) is 17.0 Å². The van der Waals surface area contributed by atoms with Gasteiger partial charge in [-0.2, -0.15) is 5.10 Å². The van der Waals surface area contributed by atoms with Crippen molar-refractivity contribution in [1.82, 2.24) is 14.7 Å². The summed E-state index contributed by atoms with van der Waals surface area (Å²) >= 11 is 5.80. The molecule has 1 unspecified atom stereocenters. The summed E-state index contributed by atoms with van der Waals surface area (Å²) in [5.41, 5.74) is 2.42. The predicted molar refractivity (Wildman–Crippen MR) is 121 cm³/mol. The Hall–Kier alpha value is -2.94. The summed E-state index contributed by atoms with van der Waals surface area (Å²) in [6.07, 6.45) is 2.21. The molecule has 0 saturated carbocycles. The van der Waals surface area contributed by atoms with Gasteiger partial charge in [-0.25, -0.2) is 4.39 Å². The summed E-state index contributed by atoms with van der Waals surface area (Å²) in [5.74, 6) is -0.313. The molecule has 1 aliphatic heterocycles. The second kappa shape index (κ2) is 9.68. The molecule has 1 aromatic heterocycles. The quantitative estimate of drug-likeness (QED) is 0.565. The van der Waals surface area contributed by atoms with Crippen LogP contribution in [-0.2, 0) is 7.05 Å². The van der Waals surface area contributed by atoms with Crippen LogP contribution in [0.2, 0.25) is 5.02 Å². The maximum atomic E-state index is 13.4. The summed E-state index contributed by atoms with van der Waals surface area (Å²) in [6.45, 7) is 2.71. The number of carbonyl (C=O) groups excluding carboxylic acids is 1. The monoisotopic (exact) mass is 458 g/mol. The number of amides is 1. The fourth-order valence-electron chi connectivity index (χ4n) is 3.71. The van der Waals surface area contributed by atoms with Gasteiger partial charge >= 0.3 is 0 Å². The number of aliphatic hydroxyl groups excluding tert-OH is 1. The third-order valence-corrected chi connectivity index (χ3v) is 5.72. The van der Waals surface area contributed by atoms with E-state index in [9.17, 15) is 14.3 Å². The molecule has 1 saturated heterocycles. The summed E-state index contributed by atoms with van der Waals surface area (Å²) in [6, 6.07) is 11.1. The Balaban J connectivity index is 1.52. The van der Waals surface area contributed by atoms with E-state index in [1.807, 2.05) is 19.2 Å². The van der Waals surface area contributed by atoms with E-state index in [0.29, 0.717) is 31.1 Å². The van der Waals surface area contributed by atoms with Gasteiger partial charge in [0.1, 0.15) is 18.2 Å². The number of likely N-dealkylation sites (tertiary alicyclic amines) is 1. The molecule has 3 aromatic rings. The normalized spacial score (nSPS) is 16.3. The van der Waals surface area contributed by atoms with Gasteiger partial charge in [0.05, 0.1) is 16.8 Å². The number of ether oxygens (including phenoxy) is 1. The van der Waals surface area contributed by atoms with Crippen LogP contribution < -0.4 is 10.1 Å². The zero-order valence-electron chi connectivity index (χ0n) is 17.6. The number of nitrogens with zero attached hydrogens (tertiary/aromatic N) is 3. The lowest BCUT2D eigenvalue weighted by atomic mass is 10.1. The van der Waals surface area contributed by atoms with Crippen molar-refractivity contribution in [1.29, 1.82) is 0 Å². The highest BCUT2D eigenvalue weighted by molar-refractivity contribution is 6.31. The first-order valence-corrected chi connectivity index (χ1v) is 10.7. The lowest BCUT2D eigenvalue weighted by molar-refractivity contribution is 0.102. The number of β-amino-alcohol motifs (C(OH)–C–C–N with tert-alkyl or cyclic N) is 1. The molecule has 9 heteroatoms. The lowest BCUT2D eigenvalue weighted by Crippen LogP contribution is -2.27. The first-order valence-electron chi connectivity index (χ1n) is 10.3. The Kier molecular flexibility index (Phi) is 6.74. The Morgan fingerprint density at radius 3 is 2.84 bits per heavy atom. The molecule has 1 fully saturated rings. The maximum Gasteiger partial charge on any atom is 0.255 e. The van der Waals surface area contributed by atoms with Crippen LogP contribution in [0.3, 0.4) is 0 Å². The molecule has 7 nitrogen and oxygen atoms in total. The van der Waals surface area contributed by atoms with Crippen LogP contribution >= 0.6 is 11.6 Å². The van der Waals surface area contributed by atoms with Crippen LogP contribution in [0.5, 0.6) is 5.75 Å². The third kappa shape index (κ3) is 5.09.